The van der Waals surface area contributed by atoms with Crippen LogP contribution in [-0.2, 0) is 10.0 Å². The third-order valence-corrected chi connectivity index (χ3v) is 3.58. The minimum atomic E-state index is -3.31. The number of hydrogen-bond donors (Lipinski definition) is 2. The molecule has 1 rings (SSSR count). The molecule has 110 valence electrons. The first-order valence-electron chi connectivity index (χ1n) is 5.37. The second-order valence-electron chi connectivity index (χ2n) is 3.85. The van der Waals surface area contributed by atoms with E-state index in [2.05, 4.69) is 26.0 Å². The fourth-order valence-electron chi connectivity index (χ4n) is 1.31. The number of rotatable bonds is 6. The maximum absolute atomic E-state index is 11.7. The van der Waals surface area contributed by atoms with E-state index in [-0.39, 0.29) is 28.8 Å². The number of sulfonamides is 1. The Hall–Kier alpha value is -1.52. The van der Waals surface area contributed by atoms with Crippen LogP contribution in [-0.4, -0.2) is 38.6 Å². The number of nitro groups is 1. The summed E-state index contributed by atoms with van der Waals surface area (Å²) in [5.74, 6) is -0.518. The van der Waals surface area contributed by atoms with Gasteiger partial charge in [-0.2, -0.15) is 0 Å². The molecule has 1 aromatic carbocycles. The molecule has 0 aromatic heterocycles. The van der Waals surface area contributed by atoms with Gasteiger partial charge in [0.2, 0.25) is 10.0 Å². The molecule has 0 radical (unpaired) electrons. The third kappa shape index (κ3) is 5.23. The van der Waals surface area contributed by atoms with Gasteiger partial charge < -0.3 is 5.32 Å². The number of benzene rings is 1. The van der Waals surface area contributed by atoms with Crippen molar-refractivity contribution in [2.75, 3.05) is 19.3 Å². The minimum Gasteiger partial charge on any atom is -0.351 e. The molecule has 0 saturated carbocycles. The number of carbonyl (C=O) groups excluding carboxylic acids is 1. The van der Waals surface area contributed by atoms with Crippen molar-refractivity contribution in [3.63, 3.8) is 0 Å². The molecular weight excluding hydrogens is 354 g/mol. The summed E-state index contributed by atoms with van der Waals surface area (Å²) in [6, 6.07) is 3.97. The van der Waals surface area contributed by atoms with Crippen LogP contribution >= 0.6 is 15.9 Å². The van der Waals surface area contributed by atoms with E-state index in [0.29, 0.717) is 0 Å². The van der Waals surface area contributed by atoms with Gasteiger partial charge in [0.15, 0.2) is 0 Å². The zero-order chi connectivity index (χ0) is 15.3. The maximum Gasteiger partial charge on any atom is 0.284 e. The van der Waals surface area contributed by atoms with Crippen LogP contribution in [0.25, 0.3) is 0 Å². The topological polar surface area (TPSA) is 118 Å². The zero-order valence-corrected chi connectivity index (χ0v) is 12.8. The molecule has 0 atom stereocenters. The van der Waals surface area contributed by atoms with E-state index in [1.54, 1.807) is 0 Å². The largest absolute Gasteiger partial charge is 0.351 e. The van der Waals surface area contributed by atoms with Crippen molar-refractivity contribution in [1.82, 2.24) is 10.0 Å². The average Bonchev–Trinajstić information content (AvgIpc) is 2.33. The van der Waals surface area contributed by atoms with Gasteiger partial charge >= 0.3 is 0 Å². The van der Waals surface area contributed by atoms with Crippen LogP contribution in [0.5, 0.6) is 0 Å². The van der Waals surface area contributed by atoms with Gasteiger partial charge in [-0.3, -0.25) is 14.9 Å². The molecule has 1 aromatic rings. The van der Waals surface area contributed by atoms with E-state index in [1.165, 1.54) is 12.1 Å². The predicted octanol–water partition coefficient (Wildman–Crippen LogP) is 0.636. The highest BCUT2D eigenvalue weighted by Crippen LogP contribution is 2.25. The summed E-state index contributed by atoms with van der Waals surface area (Å²) in [5, 5.41) is 13.2. The Balaban J connectivity index is 2.64. The normalized spacial score (nSPS) is 11.1. The van der Waals surface area contributed by atoms with Crippen LogP contribution in [0.3, 0.4) is 0 Å². The first-order valence-corrected chi connectivity index (χ1v) is 8.06. The van der Waals surface area contributed by atoms with Gasteiger partial charge in [-0.15, -0.1) is 0 Å². The van der Waals surface area contributed by atoms with Gasteiger partial charge in [-0.05, 0) is 28.1 Å². The number of halogens is 1. The van der Waals surface area contributed by atoms with Gasteiger partial charge in [-0.25, -0.2) is 13.1 Å². The van der Waals surface area contributed by atoms with Crippen molar-refractivity contribution in [2.45, 2.75) is 0 Å². The maximum atomic E-state index is 11.7. The van der Waals surface area contributed by atoms with E-state index < -0.39 is 20.9 Å². The fraction of sp³-hybridized carbons (Fsp3) is 0.300. The Morgan fingerprint density at radius 1 is 1.40 bits per heavy atom. The van der Waals surface area contributed by atoms with Crippen molar-refractivity contribution in [1.29, 1.82) is 0 Å². The molecule has 0 fully saturated rings. The van der Waals surface area contributed by atoms with Gasteiger partial charge in [0.25, 0.3) is 11.6 Å². The quantitative estimate of drug-likeness (QED) is 0.435. The van der Waals surface area contributed by atoms with Crippen LogP contribution in [0.2, 0.25) is 0 Å². The lowest BCUT2D eigenvalue weighted by atomic mass is 10.2. The van der Waals surface area contributed by atoms with Gasteiger partial charge in [0.05, 0.1) is 15.7 Å². The molecule has 0 aliphatic heterocycles. The van der Waals surface area contributed by atoms with Gasteiger partial charge in [0, 0.05) is 24.7 Å². The smallest absolute Gasteiger partial charge is 0.284 e. The number of nitrogens with one attached hydrogen (secondary N) is 2. The molecule has 0 aliphatic rings. The molecular formula is C10H12BrN3O5S. The van der Waals surface area contributed by atoms with Crippen LogP contribution in [0.4, 0.5) is 5.69 Å². The lowest BCUT2D eigenvalue weighted by Crippen LogP contribution is -2.34. The summed E-state index contributed by atoms with van der Waals surface area (Å²) in [4.78, 5) is 21.9. The monoisotopic (exact) mass is 365 g/mol. The predicted molar refractivity (Wildman–Crippen MR) is 76.0 cm³/mol. The van der Waals surface area contributed by atoms with Crippen molar-refractivity contribution < 1.29 is 18.1 Å². The third-order valence-electron chi connectivity index (χ3n) is 2.18. The Kier molecular flexibility index (Phi) is 5.60. The highest BCUT2D eigenvalue weighted by atomic mass is 79.9. The van der Waals surface area contributed by atoms with Gasteiger partial charge in [0.1, 0.15) is 0 Å². The van der Waals surface area contributed by atoms with E-state index in [1.807, 2.05) is 0 Å². The first-order chi connectivity index (χ1) is 9.20. The lowest BCUT2D eigenvalue weighted by molar-refractivity contribution is -0.385. The van der Waals surface area contributed by atoms with Crippen LogP contribution in [0, 0.1) is 10.1 Å². The molecule has 10 heteroatoms. The Morgan fingerprint density at radius 3 is 2.60 bits per heavy atom. The van der Waals surface area contributed by atoms with Gasteiger partial charge in [-0.1, -0.05) is 0 Å². The molecule has 0 saturated heterocycles. The summed E-state index contributed by atoms with van der Waals surface area (Å²) < 4.78 is 24.1. The Bertz CT molecular complexity index is 632. The molecule has 0 aliphatic carbocycles. The van der Waals surface area contributed by atoms with E-state index in [4.69, 9.17) is 0 Å². The van der Waals surface area contributed by atoms with Crippen molar-refractivity contribution >= 4 is 37.5 Å². The fourth-order valence-corrected chi connectivity index (χ4v) is 2.17. The molecule has 8 nitrogen and oxygen atoms in total. The highest BCUT2D eigenvalue weighted by Gasteiger charge is 2.15. The minimum absolute atomic E-state index is 0.0448. The molecule has 0 heterocycles. The number of amides is 1. The SMILES string of the molecule is CS(=O)(=O)NCCNC(=O)c1ccc(Br)c([N+](=O)[O-])c1. The number of nitro benzene ring substituents is 1. The van der Waals surface area contributed by atoms with Crippen molar-refractivity contribution in [3.05, 3.63) is 38.3 Å². The Morgan fingerprint density at radius 2 is 2.05 bits per heavy atom. The highest BCUT2D eigenvalue weighted by molar-refractivity contribution is 9.10. The molecule has 2 N–H and O–H groups in total. The number of carbonyl (C=O) groups is 1. The van der Waals surface area contributed by atoms with Crippen LogP contribution < -0.4 is 10.0 Å². The molecule has 0 unspecified atom stereocenters. The summed E-state index contributed by atoms with van der Waals surface area (Å²) >= 11 is 3.02. The second kappa shape index (κ2) is 6.77. The number of nitrogens with zero attached hydrogens (tertiary/aromatic N) is 1. The molecule has 0 bridgehead atoms. The van der Waals surface area contributed by atoms with Crippen LogP contribution in [0.15, 0.2) is 22.7 Å². The molecule has 20 heavy (non-hydrogen) atoms. The first kappa shape index (κ1) is 16.5. The zero-order valence-electron chi connectivity index (χ0n) is 10.4. The lowest BCUT2D eigenvalue weighted by Gasteiger charge is -2.06. The number of hydrogen-bond acceptors (Lipinski definition) is 5. The molecule has 0 spiro atoms. The Labute approximate surface area is 123 Å². The molecule has 1 amide bonds. The van der Waals surface area contributed by atoms with E-state index in [0.717, 1.165) is 12.3 Å². The van der Waals surface area contributed by atoms with Crippen molar-refractivity contribution in [2.24, 2.45) is 0 Å². The van der Waals surface area contributed by atoms with E-state index >= 15 is 0 Å². The summed E-state index contributed by atoms with van der Waals surface area (Å²) in [6.45, 7) is 0.124. The summed E-state index contributed by atoms with van der Waals surface area (Å²) in [7, 11) is -3.31. The standard InChI is InChI=1S/C10H12BrN3O5S/c1-20(18,19)13-5-4-12-10(15)7-2-3-8(11)9(6-7)14(16)17/h2-3,6,13H,4-5H2,1H3,(H,12,15). The van der Waals surface area contributed by atoms with E-state index in [9.17, 15) is 23.3 Å². The summed E-state index contributed by atoms with van der Waals surface area (Å²) in [6.07, 6.45) is 1.01. The van der Waals surface area contributed by atoms with Crippen LogP contribution in [0.1, 0.15) is 10.4 Å². The second-order valence-corrected chi connectivity index (χ2v) is 6.53. The average molecular weight is 366 g/mol. The van der Waals surface area contributed by atoms with Crippen molar-refractivity contribution in [3.8, 4) is 0 Å². The summed E-state index contributed by atoms with van der Waals surface area (Å²) in [5.41, 5.74) is -0.0915.